The van der Waals surface area contributed by atoms with Gasteiger partial charge in [-0.3, -0.25) is 4.89 Å². The fraction of sp³-hybridized carbons (Fsp3) is 0.278. The van der Waals surface area contributed by atoms with Crippen LogP contribution in [0.5, 0.6) is 0 Å². The Bertz CT molecular complexity index is 546. The molecule has 0 spiro atoms. The van der Waals surface area contributed by atoms with E-state index in [4.69, 9.17) is 9.78 Å². The van der Waals surface area contributed by atoms with E-state index in [0.717, 1.165) is 30.4 Å². The monoisotopic (exact) mass is 284 g/mol. The van der Waals surface area contributed by atoms with Crippen LogP contribution in [0.1, 0.15) is 36.5 Å². The Morgan fingerprint density at radius 1 is 0.905 bits per heavy atom. The highest BCUT2D eigenvalue weighted by Crippen LogP contribution is 2.19. The van der Waals surface area contributed by atoms with E-state index in [0.29, 0.717) is 12.2 Å². The summed E-state index contributed by atoms with van der Waals surface area (Å²) in [6.07, 6.45) is 3.08. The average Bonchev–Trinajstić information content (AvgIpc) is 2.55. The van der Waals surface area contributed by atoms with Crippen LogP contribution in [-0.2, 0) is 9.78 Å². The van der Waals surface area contributed by atoms with Crippen molar-refractivity contribution in [1.82, 2.24) is 0 Å². The normalized spacial score (nSPS) is 10.3. The van der Waals surface area contributed by atoms with E-state index in [1.165, 1.54) is 0 Å². The van der Waals surface area contributed by atoms with Gasteiger partial charge in [-0.25, -0.2) is 4.79 Å². The molecular formula is C18H20O3. The quantitative estimate of drug-likeness (QED) is 0.422. The molecule has 0 N–H and O–H groups in total. The number of rotatable bonds is 7. The summed E-state index contributed by atoms with van der Waals surface area (Å²) in [7, 11) is 0. The highest BCUT2D eigenvalue weighted by Gasteiger charge is 2.08. The molecule has 0 atom stereocenters. The lowest BCUT2D eigenvalue weighted by Crippen LogP contribution is -2.06. The summed E-state index contributed by atoms with van der Waals surface area (Å²) in [4.78, 5) is 21.5. The smallest absolute Gasteiger partial charge is 0.293 e. The van der Waals surface area contributed by atoms with Gasteiger partial charge >= 0.3 is 5.97 Å². The fourth-order valence-electron chi connectivity index (χ4n) is 1.98. The molecule has 2 aromatic carbocycles. The number of carbonyl (C=O) groups excluding carboxylic acids is 1. The van der Waals surface area contributed by atoms with Crippen LogP contribution in [0.15, 0.2) is 54.6 Å². The van der Waals surface area contributed by atoms with Gasteiger partial charge in [0, 0.05) is 0 Å². The molecule has 0 saturated carbocycles. The average molecular weight is 284 g/mol. The molecule has 0 bridgehead atoms. The molecular weight excluding hydrogens is 264 g/mol. The molecule has 3 nitrogen and oxygen atoms in total. The van der Waals surface area contributed by atoms with Gasteiger partial charge in [-0.05, 0) is 29.7 Å². The molecule has 0 aliphatic rings. The van der Waals surface area contributed by atoms with Gasteiger partial charge in [0.05, 0.1) is 12.2 Å². The van der Waals surface area contributed by atoms with E-state index < -0.39 is 5.97 Å². The summed E-state index contributed by atoms with van der Waals surface area (Å²) < 4.78 is 0. The van der Waals surface area contributed by atoms with Crippen LogP contribution >= 0.6 is 0 Å². The molecule has 0 radical (unpaired) electrons. The maximum absolute atomic E-state index is 11.8. The predicted octanol–water partition coefficient (Wildman–Crippen LogP) is 4.63. The first-order valence-electron chi connectivity index (χ1n) is 7.30. The van der Waals surface area contributed by atoms with Crippen LogP contribution < -0.4 is 0 Å². The van der Waals surface area contributed by atoms with Gasteiger partial charge < -0.3 is 0 Å². The largest absolute Gasteiger partial charge is 0.373 e. The Hall–Kier alpha value is -2.13. The van der Waals surface area contributed by atoms with Crippen LogP contribution in [0, 0.1) is 0 Å². The fourth-order valence-corrected chi connectivity index (χ4v) is 1.98. The Labute approximate surface area is 125 Å². The van der Waals surface area contributed by atoms with Gasteiger partial charge in [0.1, 0.15) is 0 Å². The maximum Gasteiger partial charge on any atom is 0.373 e. The first-order chi connectivity index (χ1) is 10.3. The van der Waals surface area contributed by atoms with Crippen molar-refractivity contribution >= 4 is 5.97 Å². The van der Waals surface area contributed by atoms with Crippen molar-refractivity contribution in [1.29, 1.82) is 0 Å². The van der Waals surface area contributed by atoms with Gasteiger partial charge in [-0.2, -0.15) is 4.89 Å². The first kappa shape index (κ1) is 15.3. The molecule has 0 heterocycles. The molecule has 0 fully saturated rings. The second kappa shape index (κ2) is 8.22. The minimum Gasteiger partial charge on any atom is -0.293 e. The number of hydrogen-bond donors (Lipinski definition) is 0. The van der Waals surface area contributed by atoms with Crippen molar-refractivity contribution in [3.63, 3.8) is 0 Å². The zero-order valence-electron chi connectivity index (χ0n) is 12.2. The topological polar surface area (TPSA) is 35.5 Å². The molecule has 0 saturated heterocycles. The molecule has 0 aliphatic heterocycles. The molecule has 110 valence electrons. The lowest BCUT2D eigenvalue weighted by molar-refractivity contribution is -0.241. The van der Waals surface area contributed by atoms with Crippen molar-refractivity contribution in [3.05, 3.63) is 60.2 Å². The van der Waals surface area contributed by atoms with Crippen LogP contribution in [0.2, 0.25) is 0 Å². The molecule has 0 amide bonds. The zero-order valence-corrected chi connectivity index (χ0v) is 12.2. The minimum absolute atomic E-state index is 0.446. The Kier molecular flexibility index (Phi) is 5.98. The summed E-state index contributed by atoms with van der Waals surface area (Å²) in [5.41, 5.74) is 2.68. The summed E-state index contributed by atoms with van der Waals surface area (Å²) in [5.74, 6) is -0.453. The summed E-state index contributed by atoms with van der Waals surface area (Å²) in [6, 6.07) is 17.3. The maximum atomic E-state index is 11.8. The third-order valence-corrected chi connectivity index (χ3v) is 3.19. The standard InChI is InChI=1S/C18H20O3/c1-2-3-7-14-20-21-18(19)17-12-10-16(11-13-17)15-8-5-4-6-9-15/h4-6,8-13H,2-3,7,14H2,1H3. The lowest BCUT2D eigenvalue weighted by Gasteiger charge is -2.05. The third-order valence-electron chi connectivity index (χ3n) is 3.19. The van der Waals surface area contributed by atoms with Crippen LogP contribution in [0.25, 0.3) is 11.1 Å². The van der Waals surface area contributed by atoms with Crippen molar-refractivity contribution in [3.8, 4) is 11.1 Å². The molecule has 3 heteroatoms. The molecule has 2 aromatic rings. The Morgan fingerprint density at radius 3 is 2.24 bits per heavy atom. The zero-order chi connectivity index (χ0) is 14.9. The Morgan fingerprint density at radius 2 is 1.57 bits per heavy atom. The van der Waals surface area contributed by atoms with E-state index in [2.05, 4.69) is 6.92 Å². The van der Waals surface area contributed by atoms with Crippen LogP contribution in [0.4, 0.5) is 0 Å². The van der Waals surface area contributed by atoms with Crippen molar-refractivity contribution in [2.24, 2.45) is 0 Å². The van der Waals surface area contributed by atoms with E-state index >= 15 is 0 Å². The van der Waals surface area contributed by atoms with E-state index in [-0.39, 0.29) is 0 Å². The van der Waals surface area contributed by atoms with Crippen molar-refractivity contribution in [2.45, 2.75) is 26.2 Å². The van der Waals surface area contributed by atoms with Crippen molar-refractivity contribution < 1.29 is 14.6 Å². The second-order valence-corrected chi connectivity index (χ2v) is 4.84. The summed E-state index contributed by atoms with van der Waals surface area (Å²) >= 11 is 0. The number of unbranched alkanes of at least 4 members (excludes halogenated alkanes) is 2. The van der Waals surface area contributed by atoms with Crippen LogP contribution in [-0.4, -0.2) is 12.6 Å². The molecule has 21 heavy (non-hydrogen) atoms. The van der Waals surface area contributed by atoms with Gasteiger partial charge in [-0.1, -0.05) is 62.2 Å². The van der Waals surface area contributed by atoms with Crippen molar-refractivity contribution in [2.75, 3.05) is 6.61 Å². The van der Waals surface area contributed by atoms with Gasteiger partial charge in [0.15, 0.2) is 0 Å². The summed E-state index contributed by atoms with van der Waals surface area (Å²) in [6.45, 7) is 2.56. The van der Waals surface area contributed by atoms with E-state index in [9.17, 15) is 4.79 Å². The molecule has 0 unspecified atom stereocenters. The highest BCUT2D eigenvalue weighted by molar-refractivity contribution is 5.89. The SMILES string of the molecule is CCCCCOOC(=O)c1ccc(-c2ccccc2)cc1. The highest BCUT2D eigenvalue weighted by atomic mass is 17.2. The van der Waals surface area contributed by atoms with Gasteiger partial charge in [0.25, 0.3) is 0 Å². The summed E-state index contributed by atoms with van der Waals surface area (Å²) in [5, 5.41) is 0. The molecule has 2 rings (SSSR count). The van der Waals surface area contributed by atoms with Gasteiger partial charge in [0.2, 0.25) is 0 Å². The second-order valence-electron chi connectivity index (χ2n) is 4.84. The molecule has 0 aliphatic carbocycles. The lowest BCUT2D eigenvalue weighted by atomic mass is 10.0. The van der Waals surface area contributed by atoms with E-state index in [1.807, 2.05) is 42.5 Å². The molecule has 0 aromatic heterocycles. The van der Waals surface area contributed by atoms with Gasteiger partial charge in [-0.15, -0.1) is 0 Å². The Balaban J connectivity index is 1.88. The number of carbonyl (C=O) groups is 1. The predicted molar refractivity (Wildman–Crippen MR) is 82.8 cm³/mol. The minimum atomic E-state index is -0.453. The first-order valence-corrected chi connectivity index (χ1v) is 7.30. The number of benzene rings is 2. The van der Waals surface area contributed by atoms with E-state index in [1.54, 1.807) is 12.1 Å². The third kappa shape index (κ3) is 4.72. The number of hydrogen-bond acceptors (Lipinski definition) is 3. The van der Waals surface area contributed by atoms with Crippen LogP contribution in [0.3, 0.4) is 0 Å².